The first-order valence-corrected chi connectivity index (χ1v) is 4.35. The molecule has 2 aliphatic heterocycles. The lowest BCUT2D eigenvalue weighted by atomic mass is 9.86. The Hall–Kier alpha value is -1.10. The summed E-state index contributed by atoms with van der Waals surface area (Å²) in [5.41, 5.74) is -0.0907. The molecule has 0 bridgehead atoms. The number of carboxylic acid groups (broad SMARTS) is 1. The van der Waals surface area contributed by atoms with E-state index in [4.69, 9.17) is 5.11 Å². The molecule has 1 spiro atoms. The van der Waals surface area contributed by atoms with Crippen LogP contribution in [0.1, 0.15) is 12.8 Å². The Morgan fingerprint density at radius 3 is 2.92 bits per heavy atom. The number of hydrogen-bond donors (Lipinski definition) is 2. The Kier molecular flexibility index (Phi) is 1.76. The molecule has 0 saturated carbocycles. The predicted octanol–water partition coefficient (Wildman–Crippen LogP) is -0.965. The summed E-state index contributed by atoms with van der Waals surface area (Å²) in [6, 6.07) is 0. The minimum Gasteiger partial charge on any atom is -0.480 e. The zero-order valence-corrected chi connectivity index (χ0v) is 7.25. The van der Waals surface area contributed by atoms with Gasteiger partial charge in [0.2, 0.25) is 5.91 Å². The molecule has 1 amide bonds. The molecule has 13 heavy (non-hydrogen) atoms. The van der Waals surface area contributed by atoms with E-state index < -0.39 is 5.97 Å². The number of rotatable bonds is 2. The van der Waals surface area contributed by atoms with Crippen LogP contribution in [0.25, 0.3) is 0 Å². The van der Waals surface area contributed by atoms with E-state index in [1.807, 2.05) is 4.90 Å². The van der Waals surface area contributed by atoms with Crippen molar-refractivity contribution in [2.24, 2.45) is 0 Å². The molecular formula is C8H12N2O3. The van der Waals surface area contributed by atoms with Crippen LogP contribution in [0.2, 0.25) is 0 Å². The van der Waals surface area contributed by atoms with Gasteiger partial charge in [0, 0.05) is 13.1 Å². The number of nitrogens with zero attached hydrogens (tertiary/aromatic N) is 1. The predicted molar refractivity (Wildman–Crippen MR) is 44.2 cm³/mol. The molecule has 2 heterocycles. The van der Waals surface area contributed by atoms with Gasteiger partial charge in [-0.25, -0.2) is 0 Å². The highest BCUT2D eigenvalue weighted by atomic mass is 16.4. The highest BCUT2D eigenvalue weighted by Gasteiger charge is 2.47. The second-order valence-electron chi connectivity index (χ2n) is 3.86. The van der Waals surface area contributed by atoms with E-state index in [1.165, 1.54) is 0 Å². The Morgan fingerprint density at radius 1 is 1.69 bits per heavy atom. The maximum atomic E-state index is 10.7. The fourth-order valence-corrected chi connectivity index (χ4v) is 2.12. The number of likely N-dealkylation sites (tertiary alicyclic amines) is 1. The van der Waals surface area contributed by atoms with Crippen molar-refractivity contribution in [1.82, 2.24) is 10.2 Å². The van der Waals surface area contributed by atoms with E-state index in [2.05, 4.69) is 5.32 Å². The standard InChI is InChI=1S/C8H12N2O3/c11-6-3-8(9-6)1-2-10(5-8)4-7(12)13/h1-5H2,(H,9,11)(H,12,13)/t8-/m1/s1. The van der Waals surface area contributed by atoms with Crippen molar-refractivity contribution >= 4 is 11.9 Å². The number of carbonyl (C=O) groups is 2. The fourth-order valence-electron chi connectivity index (χ4n) is 2.12. The average molecular weight is 184 g/mol. The maximum absolute atomic E-state index is 10.7. The fraction of sp³-hybridized carbons (Fsp3) is 0.750. The van der Waals surface area contributed by atoms with Crippen LogP contribution in [0, 0.1) is 0 Å². The van der Waals surface area contributed by atoms with Gasteiger partial charge in [-0.15, -0.1) is 0 Å². The second-order valence-corrected chi connectivity index (χ2v) is 3.86. The van der Waals surface area contributed by atoms with Crippen molar-refractivity contribution in [1.29, 1.82) is 0 Å². The van der Waals surface area contributed by atoms with Gasteiger partial charge in [0.1, 0.15) is 0 Å². The molecule has 0 aromatic rings. The van der Waals surface area contributed by atoms with Crippen molar-refractivity contribution in [3.8, 4) is 0 Å². The largest absolute Gasteiger partial charge is 0.480 e. The summed E-state index contributed by atoms with van der Waals surface area (Å²) >= 11 is 0. The van der Waals surface area contributed by atoms with E-state index in [1.54, 1.807) is 0 Å². The SMILES string of the molecule is O=C(O)CN1CC[C@@]2(CC(=O)N2)C1. The zero-order chi connectivity index (χ0) is 9.47. The van der Waals surface area contributed by atoms with E-state index in [0.29, 0.717) is 13.0 Å². The molecular weight excluding hydrogens is 172 g/mol. The van der Waals surface area contributed by atoms with Crippen LogP contribution >= 0.6 is 0 Å². The van der Waals surface area contributed by atoms with Gasteiger partial charge in [-0.1, -0.05) is 0 Å². The Morgan fingerprint density at radius 2 is 2.38 bits per heavy atom. The minimum atomic E-state index is -0.803. The third-order valence-electron chi connectivity index (χ3n) is 2.70. The molecule has 2 saturated heterocycles. The van der Waals surface area contributed by atoms with E-state index >= 15 is 0 Å². The van der Waals surface area contributed by atoms with Crippen molar-refractivity contribution < 1.29 is 14.7 Å². The topological polar surface area (TPSA) is 69.6 Å². The van der Waals surface area contributed by atoms with E-state index in [0.717, 1.165) is 13.0 Å². The van der Waals surface area contributed by atoms with Crippen LogP contribution in [-0.4, -0.2) is 47.1 Å². The molecule has 0 aromatic carbocycles. The first-order valence-electron chi connectivity index (χ1n) is 4.35. The molecule has 0 unspecified atom stereocenters. The Labute approximate surface area is 75.7 Å². The molecule has 2 N–H and O–H groups in total. The van der Waals surface area contributed by atoms with Gasteiger partial charge in [0.25, 0.3) is 0 Å². The quantitative estimate of drug-likeness (QED) is 0.542. The highest BCUT2D eigenvalue weighted by molar-refractivity contribution is 5.85. The summed E-state index contributed by atoms with van der Waals surface area (Å²) in [4.78, 5) is 23.0. The van der Waals surface area contributed by atoms with E-state index in [9.17, 15) is 9.59 Å². The lowest BCUT2D eigenvalue weighted by molar-refractivity contribution is -0.138. The number of nitrogens with one attached hydrogen (secondary N) is 1. The van der Waals surface area contributed by atoms with Crippen LogP contribution in [0.3, 0.4) is 0 Å². The third-order valence-corrected chi connectivity index (χ3v) is 2.70. The maximum Gasteiger partial charge on any atom is 0.317 e. The summed E-state index contributed by atoms with van der Waals surface area (Å²) in [6.45, 7) is 1.54. The third kappa shape index (κ3) is 1.51. The molecule has 0 aliphatic carbocycles. The Bertz CT molecular complexity index is 256. The van der Waals surface area contributed by atoms with Gasteiger partial charge in [0.05, 0.1) is 18.5 Å². The van der Waals surface area contributed by atoms with Gasteiger partial charge < -0.3 is 10.4 Å². The molecule has 2 rings (SSSR count). The van der Waals surface area contributed by atoms with Crippen molar-refractivity contribution in [3.63, 3.8) is 0 Å². The zero-order valence-electron chi connectivity index (χ0n) is 7.25. The van der Waals surface area contributed by atoms with Gasteiger partial charge in [-0.05, 0) is 6.42 Å². The summed E-state index contributed by atoms with van der Waals surface area (Å²) in [7, 11) is 0. The number of hydrogen-bond acceptors (Lipinski definition) is 3. The van der Waals surface area contributed by atoms with Crippen LogP contribution < -0.4 is 5.32 Å². The smallest absolute Gasteiger partial charge is 0.317 e. The van der Waals surface area contributed by atoms with Crippen molar-refractivity contribution in [2.75, 3.05) is 19.6 Å². The van der Waals surface area contributed by atoms with Crippen LogP contribution in [-0.2, 0) is 9.59 Å². The molecule has 2 aliphatic rings. The first-order chi connectivity index (χ1) is 6.10. The first kappa shape index (κ1) is 8.50. The van der Waals surface area contributed by atoms with Gasteiger partial charge in [-0.3, -0.25) is 14.5 Å². The Balaban J connectivity index is 1.87. The average Bonchev–Trinajstić information content (AvgIpc) is 2.30. The number of aliphatic carboxylic acids is 1. The summed E-state index contributed by atoms with van der Waals surface area (Å²) < 4.78 is 0. The number of carbonyl (C=O) groups excluding carboxylic acids is 1. The lowest BCUT2D eigenvalue weighted by Gasteiger charge is -2.38. The monoisotopic (exact) mass is 184 g/mol. The minimum absolute atomic E-state index is 0.0807. The molecule has 5 heteroatoms. The van der Waals surface area contributed by atoms with Crippen molar-refractivity contribution in [3.05, 3.63) is 0 Å². The molecule has 72 valence electrons. The molecule has 1 atom stereocenters. The van der Waals surface area contributed by atoms with Gasteiger partial charge >= 0.3 is 5.97 Å². The molecule has 5 nitrogen and oxygen atoms in total. The lowest BCUT2D eigenvalue weighted by Crippen LogP contribution is -2.62. The number of amides is 1. The number of carboxylic acids is 1. The highest BCUT2D eigenvalue weighted by Crippen LogP contribution is 2.30. The summed E-state index contributed by atoms with van der Waals surface area (Å²) in [5.74, 6) is -0.722. The molecule has 0 radical (unpaired) electrons. The molecule has 2 fully saturated rings. The van der Waals surface area contributed by atoms with Crippen molar-refractivity contribution in [2.45, 2.75) is 18.4 Å². The van der Waals surface area contributed by atoms with Gasteiger partial charge in [-0.2, -0.15) is 0 Å². The second kappa shape index (κ2) is 2.70. The van der Waals surface area contributed by atoms with Crippen LogP contribution in [0.5, 0.6) is 0 Å². The number of β-lactam (4-membered cyclic amide) rings is 1. The molecule has 0 aromatic heterocycles. The van der Waals surface area contributed by atoms with Crippen LogP contribution in [0.15, 0.2) is 0 Å². The van der Waals surface area contributed by atoms with E-state index in [-0.39, 0.29) is 18.0 Å². The van der Waals surface area contributed by atoms with Crippen LogP contribution in [0.4, 0.5) is 0 Å². The normalized spacial score (nSPS) is 33.1. The summed E-state index contributed by atoms with van der Waals surface area (Å²) in [5, 5.41) is 11.4. The van der Waals surface area contributed by atoms with Gasteiger partial charge in [0.15, 0.2) is 0 Å². The summed E-state index contributed by atoms with van der Waals surface area (Å²) in [6.07, 6.45) is 1.44.